The molecule has 0 unspecified atom stereocenters. The van der Waals surface area contributed by atoms with Gasteiger partial charge in [-0.2, -0.15) is 4.98 Å². The van der Waals surface area contributed by atoms with Crippen molar-refractivity contribution in [3.8, 4) is 0 Å². The van der Waals surface area contributed by atoms with E-state index in [0.717, 1.165) is 11.3 Å². The number of nitrogens with one attached hydrogen (secondary N) is 2. The third kappa shape index (κ3) is 3.42. The van der Waals surface area contributed by atoms with Crippen LogP contribution >= 0.6 is 0 Å². The highest BCUT2D eigenvalue weighted by molar-refractivity contribution is 5.73. The second-order valence-corrected chi connectivity index (χ2v) is 4.02. The fourth-order valence-corrected chi connectivity index (χ4v) is 1.52. The van der Waals surface area contributed by atoms with Crippen LogP contribution in [0, 0.1) is 0 Å². The number of nitrogens with two attached hydrogens (primary N) is 2. The molecular weight excluding hydrogens is 248 g/mol. The molecule has 0 aliphatic carbocycles. The van der Waals surface area contributed by atoms with E-state index in [2.05, 4.69) is 20.5 Å². The molecule has 1 aromatic carbocycles. The van der Waals surface area contributed by atoms with Gasteiger partial charge in [-0.05, 0) is 24.1 Å². The number of hydrogen-bond donors (Lipinski definition) is 5. The molecule has 0 spiro atoms. The second-order valence-electron chi connectivity index (χ2n) is 4.02. The first-order valence-electron chi connectivity index (χ1n) is 5.57. The quantitative estimate of drug-likeness (QED) is 0.513. The normalized spacial score (nSPS) is 12.1. The standard InChI is InChI=1S/C11H14N6O2/c12-8(9(18)19)5-6-1-3-7(4-2-6)14-11-15-10(13)16-17-11/h1-4,8H,5,12H2,(H,18,19)(H4,13,14,15,16,17)/t8-/m1/s1. The van der Waals surface area contributed by atoms with Gasteiger partial charge in [-0.3, -0.25) is 4.79 Å². The van der Waals surface area contributed by atoms with Gasteiger partial charge in [-0.25, -0.2) is 5.10 Å². The van der Waals surface area contributed by atoms with E-state index in [0.29, 0.717) is 5.95 Å². The predicted octanol–water partition coefficient (Wildman–Crippen LogP) is 0.0849. The third-order valence-electron chi connectivity index (χ3n) is 2.49. The molecule has 0 amide bonds. The number of benzene rings is 1. The van der Waals surface area contributed by atoms with E-state index < -0.39 is 12.0 Å². The summed E-state index contributed by atoms with van der Waals surface area (Å²) in [5.41, 5.74) is 12.5. The molecule has 7 N–H and O–H groups in total. The minimum atomic E-state index is -1.02. The lowest BCUT2D eigenvalue weighted by molar-refractivity contribution is -0.138. The zero-order chi connectivity index (χ0) is 13.8. The first-order valence-corrected chi connectivity index (χ1v) is 5.57. The Bertz CT molecular complexity index is 565. The smallest absolute Gasteiger partial charge is 0.320 e. The second kappa shape index (κ2) is 5.36. The third-order valence-corrected chi connectivity index (χ3v) is 2.49. The zero-order valence-electron chi connectivity index (χ0n) is 10.00. The van der Waals surface area contributed by atoms with Crippen LogP contribution in [0.1, 0.15) is 5.56 Å². The van der Waals surface area contributed by atoms with Gasteiger partial charge in [-0.15, -0.1) is 5.10 Å². The summed E-state index contributed by atoms with van der Waals surface area (Å²) >= 11 is 0. The van der Waals surface area contributed by atoms with E-state index >= 15 is 0 Å². The van der Waals surface area contributed by atoms with Gasteiger partial charge in [0, 0.05) is 5.69 Å². The average Bonchev–Trinajstić information content (AvgIpc) is 2.77. The highest BCUT2D eigenvalue weighted by Gasteiger charge is 2.11. The molecule has 0 radical (unpaired) electrons. The number of anilines is 3. The number of carboxylic acids is 1. The number of aliphatic carboxylic acids is 1. The van der Waals surface area contributed by atoms with Gasteiger partial charge in [0.1, 0.15) is 6.04 Å². The van der Waals surface area contributed by atoms with Gasteiger partial charge in [0.2, 0.25) is 11.9 Å². The number of nitrogen functional groups attached to an aromatic ring is 1. The van der Waals surface area contributed by atoms with Crippen molar-refractivity contribution >= 4 is 23.6 Å². The lowest BCUT2D eigenvalue weighted by Gasteiger charge is -2.07. The van der Waals surface area contributed by atoms with E-state index in [1.54, 1.807) is 24.3 Å². The Morgan fingerprint density at radius 2 is 2.11 bits per heavy atom. The van der Waals surface area contributed by atoms with Crippen molar-refractivity contribution in [3.05, 3.63) is 29.8 Å². The largest absolute Gasteiger partial charge is 0.480 e. The van der Waals surface area contributed by atoms with Gasteiger partial charge in [0.25, 0.3) is 0 Å². The minimum absolute atomic E-state index is 0.228. The molecule has 0 saturated heterocycles. The molecule has 1 aromatic heterocycles. The van der Waals surface area contributed by atoms with Crippen LogP contribution in [-0.2, 0) is 11.2 Å². The van der Waals surface area contributed by atoms with Crippen molar-refractivity contribution in [2.24, 2.45) is 5.73 Å². The Kier molecular flexibility index (Phi) is 3.62. The first kappa shape index (κ1) is 12.8. The summed E-state index contributed by atoms with van der Waals surface area (Å²) in [5, 5.41) is 18.0. The molecule has 1 heterocycles. The Labute approximate surface area is 108 Å². The topological polar surface area (TPSA) is 143 Å². The fraction of sp³-hybridized carbons (Fsp3) is 0.182. The van der Waals surface area contributed by atoms with Crippen LogP contribution < -0.4 is 16.8 Å². The molecular formula is C11H14N6O2. The molecule has 100 valence electrons. The van der Waals surface area contributed by atoms with Gasteiger partial charge >= 0.3 is 5.97 Å². The van der Waals surface area contributed by atoms with Gasteiger partial charge in [0.05, 0.1) is 0 Å². The van der Waals surface area contributed by atoms with Crippen LogP contribution in [0.2, 0.25) is 0 Å². The van der Waals surface area contributed by atoms with Crippen LogP contribution in [-0.4, -0.2) is 32.3 Å². The van der Waals surface area contributed by atoms with Crippen molar-refractivity contribution in [3.63, 3.8) is 0 Å². The lowest BCUT2D eigenvalue weighted by atomic mass is 10.1. The van der Waals surface area contributed by atoms with E-state index in [-0.39, 0.29) is 12.4 Å². The summed E-state index contributed by atoms with van der Waals surface area (Å²) in [6, 6.07) is 6.27. The van der Waals surface area contributed by atoms with E-state index in [4.69, 9.17) is 16.6 Å². The van der Waals surface area contributed by atoms with Crippen molar-refractivity contribution < 1.29 is 9.90 Å². The minimum Gasteiger partial charge on any atom is -0.480 e. The maximum atomic E-state index is 10.6. The molecule has 0 saturated carbocycles. The predicted molar refractivity (Wildman–Crippen MR) is 69.8 cm³/mol. The van der Waals surface area contributed by atoms with Crippen molar-refractivity contribution in [1.82, 2.24) is 15.2 Å². The summed E-state index contributed by atoms with van der Waals surface area (Å²) in [4.78, 5) is 14.5. The molecule has 8 nitrogen and oxygen atoms in total. The van der Waals surface area contributed by atoms with E-state index in [9.17, 15) is 4.79 Å². The van der Waals surface area contributed by atoms with Gasteiger partial charge in [-0.1, -0.05) is 12.1 Å². The van der Waals surface area contributed by atoms with Crippen LogP contribution in [0.4, 0.5) is 17.6 Å². The van der Waals surface area contributed by atoms with Gasteiger partial charge in [0.15, 0.2) is 0 Å². The molecule has 0 aliphatic rings. The number of carboxylic acid groups (broad SMARTS) is 1. The highest BCUT2D eigenvalue weighted by atomic mass is 16.4. The summed E-state index contributed by atoms with van der Waals surface area (Å²) in [7, 11) is 0. The number of carbonyl (C=O) groups is 1. The van der Waals surface area contributed by atoms with Crippen LogP contribution in [0.25, 0.3) is 0 Å². The lowest BCUT2D eigenvalue weighted by Crippen LogP contribution is -2.32. The SMILES string of the molecule is Nc1nc(Nc2ccc(C[C@@H](N)C(=O)O)cc2)n[nH]1. The molecule has 19 heavy (non-hydrogen) atoms. The first-order chi connectivity index (χ1) is 9.04. The van der Waals surface area contributed by atoms with E-state index in [1.807, 2.05) is 0 Å². The zero-order valence-corrected chi connectivity index (χ0v) is 10.00. The molecule has 0 aliphatic heterocycles. The van der Waals surface area contributed by atoms with Crippen molar-refractivity contribution in [1.29, 1.82) is 0 Å². The number of nitrogens with zero attached hydrogens (tertiary/aromatic N) is 2. The average molecular weight is 262 g/mol. The summed E-state index contributed by atoms with van der Waals surface area (Å²) in [5.74, 6) is -0.419. The maximum absolute atomic E-state index is 10.6. The number of H-pyrrole nitrogens is 1. The van der Waals surface area contributed by atoms with Crippen LogP contribution in [0.3, 0.4) is 0 Å². The number of aromatic nitrogens is 3. The van der Waals surface area contributed by atoms with Gasteiger partial charge < -0.3 is 21.9 Å². The van der Waals surface area contributed by atoms with Crippen molar-refractivity contribution in [2.45, 2.75) is 12.5 Å². The Balaban J connectivity index is 2.00. The maximum Gasteiger partial charge on any atom is 0.320 e. The number of aromatic amines is 1. The Hall–Kier alpha value is -2.61. The summed E-state index contributed by atoms with van der Waals surface area (Å²) in [6.07, 6.45) is 0.281. The molecule has 1 atom stereocenters. The molecule has 2 aromatic rings. The summed E-state index contributed by atoms with van der Waals surface area (Å²) < 4.78 is 0. The van der Waals surface area contributed by atoms with Crippen molar-refractivity contribution in [2.75, 3.05) is 11.1 Å². The molecule has 8 heteroatoms. The number of hydrogen-bond acceptors (Lipinski definition) is 6. The molecule has 2 rings (SSSR count). The number of rotatable bonds is 5. The Morgan fingerprint density at radius 3 is 2.63 bits per heavy atom. The monoisotopic (exact) mass is 262 g/mol. The van der Waals surface area contributed by atoms with Crippen LogP contribution in [0.15, 0.2) is 24.3 Å². The van der Waals surface area contributed by atoms with Crippen LogP contribution in [0.5, 0.6) is 0 Å². The van der Waals surface area contributed by atoms with E-state index in [1.165, 1.54) is 0 Å². The summed E-state index contributed by atoms with van der Waals surface area (Å²) in [6.45, 7) is 0. The molecule has 0 bridgehead atoms. The molecule has 0 fully saturated rings. The fourth-order valence-electron chi connectivity index (χ4n) is 1.52. The highest BCUT2D eigenvalue weighted by Crippen LogP contribution is 2.14. The Morgan fingerprint density at radius 1 is 1.42 bits per heavy atom.